The molecule has 0 saturated carbocycles. The summed E-state index contributed by atoms with van der Waals surface area (Å²) in [5.41, 5.74) is 1.02. The maximum absolute atomic E-state index is 10.6. The van der Waals surface area contributed by atoms with E-state index in [0.29, 0.717) is 6.61 Å². The largest absolute Gasteiger partial charge is 0.466 e. The molecule has 3 heteroatoms. The molecule has 0 aromatic rings. The van der Waals surface area contributed by atoms with Gasteiger partial charge in [0.1, 0.15) is 0 Å². The van der Waals surface area contributed by atoms with Crippen molar-refractivity contribution in [3.63, 3.8) is 0 Å². The normalized spacial score (nSPS) is 21.5. The highest BCUT2D eigenvalue weighted by atomic mass is 16.5. The van der Waals surface area contributed by atoms with Crippen LogP contribution in [0.1, 0.15) is 6.42 Å². The van der Waals surface area contributed by atoms with E-state index < -0.39 is 0 Å². The SMILES string of the molecule is COC(=O)/C=C1/CCOC1. The van der Waals surface area contributed by atoms with E-state index in [2.05, 4.69) is 4.74 Å². The maximum Gasteiger partial charge on any atom is 0.330 e. The molecule has 0 aromatic carbocycles. The fraction of sp³-hybridized carbons (Fsp3) is 0.571. The number of hydrogen-bond acceptors (Lipinski definition) is 3. The van der Waals surface area contributed by atoms with Crippen LogP contribution in [-0.4, -0.2) is 26.3 Å². The van der Waals surface area contributed by atoms with E-state index in [9.17, 15) is 4.79 Å². The minimum atomic E-state index is -0.291. The number of methoxy groups -OCH3 is 1. The molecule has 0 aliphatic carbocycles. The Hall–Kier alpha value is -0.830. The Morgan fingerprint density at radius 2 is 2.60 bits per heavy atom. The number of esters is 1. The Morgan fingerprint density at radius 3 is 3.10 bits per heavy atom. The van der Waals surface area contributed by atoms with Crippen LogP contribution in [0, 0.1) is 0 Å². The third-order valence-electron chi connectivity index (χ3n) is 1.38. The molecule has 0 spiro atoms. The number of ether oxygens (including phenoxy) is 2. The highest BCUT2D eigenvalue weighted by Gasteiger charge is 2.08. The Kier molecular flexibility index (Phi) is 2.45. The Bertz CT molecular complexity index is 152. The minimum Gasteiger partial charge on any atom is -0.466 e. The molecule has 0 radical (unpaired) electrons. The molecular formula is C7H10O3. The smallest absolute Gasteiger partial charge is 0.330 e. The fourth-order valence-electron chi connectivity index (χ4n) is 0.818. The van der Waals surface area contributed by atoms with Gasteiger partial charge in [-0.15, -0.1) is 0 Å². The third-order valence-corrected chi connectivity index (χ3v) is 1.38. The Labute approximate surface area is 59.6 Å². The van der Waals surface area contributed by atoms with E-state index in [4.69, 9.17) is 4.74 Å². The van der Waals surface area contributed by atoms with E-state index in [0.717, 1.165) is 18.6 Å². The first kappa shape index (κ1) is 7.28. The van der Waals surface area contributed by atoms with E-state index in [1.165, 1.54) is 13.2 Å². The number of carbonyl (C=O) groups excluding carboxylic acids is 1. The standard InChI is InChI=1S/C7H10O3/c1-9-7(8)4-6-2-3-10-5-6/h4H,2-3,5H2,1H3/b6-4-. The van der Waals surface area contributed by atoms with Gasteiger partial charge in [0.05, 0.1) is 20.3 Å². The van der Waals surface area contributed by atoms with E-state index >= 15 is 0 Å². The molecule has 0 amide bonds. The van der Waals surface area contributed by atoms with Crippen molar-refractivity contribution in [2.75, 3.05) is 20.3 Å². The summed E-state index contributed by atoms with van der Waals surface area (Å²) in [5.74, 6) is -0.291. The topological polar surface area (TPSA) is 35.5 Å². The van der Waals surface area contributed by atoms with Crippen molar-refractivity contribution < 1.29 is 14.3 Å². The monoisotopic (exact) mass is 142 g/mol. The van der Waals surface area contributed by atoms with Crippen molar-refractivity contribution in [3.8, 4) is 0 Å². The van der Waals surface area contributed by atoms with Crippen LogP contribution in [0.3, 0.4) is 0 Å². The summed E-state index contributed by atoms with van der Waals surface area (Å²) in [6.07, 6.45) is 2.35. The number of carbonyl (C=O) groups is 1. The summed E-state index contributed by atoms with van der Waals surface area (Å²) in [5, 5.41) is 0. The van der Waals surface area contributed by atoms with Gasteiger partial charge in [-0.2, -0.15) is 0 Å². The quantitative estimate of drug-likeness (QED) is 0.395. The first-order chi connectivity index (χ1) is 4.83. The van der Waals surface area contributed by atoms with Gasteiger partial charge in [0.25, 0.3) is 0 Å². The Balaban J connectivity index is 2.45. The summed E-state index contributed by atoms with van der Waals surface area (Å²) < 4.78 is 9.47. The van der Waals surface area contributed by atoms with E-state index in [1.54, 1.807) is 0 Å². The highest BCUT2D eigenvalue weighted by molar-refractivity contribution is 5.82. The van der Waals surface area contributed by atoms with E-state index in [1.807, 2.05) is 0 Å². The third kappa shape index (κ3) is 1.84. The van der Waals surface area contributed by atoms with Crippen molar-refractivity contribution in [1.82, 2.24) is 0 Å². The van der Waals surface area contributed by atoms with Crippen LogP contribution in [0.25, 0.3) is 0 Å². The van der Waals surface area contributed by atoms with Crippen LogP contribution >= 0.6 is 0 Å². The van der Waals surface area contributed by atoms with Gasteiger partial charge in [-0.3, -0.25) is 0 Å². The molecule has 0 unspecified atom stereocenters. The summed E-state index contributed by atoms with van der Waals surface area (Å²) in [7, 11) is 1.37. The van der Waals surface area contributed by atoms with Crippen LogP contribution in [0.4, 0.5) is 0 Å². The zero-order chi connectivity index (χ0) is 7.40. The number of rotatable bonds is 1. The van der Waals surface area contributed by atoms with Crippen LogP contribution in [0.5, 0.6) is 0 Å². The lowest BCUT2D eigenvalue weighted by molar-refractivity contribution is -0.134. The average Bonchev–Trinajstić information content (AvgIpc) is 2.40. The second kappa shape index (κ2) is 3.37. The number of hydrogen-bond donors (Lipinski definition) is 0. The van der Waals surface area contributed by atoms with Gasteiger partial charge in [-0.1, -0.05) is 0 Å². The first-order valence-electron chi connectivity index (χ1n) is 3.18. The van der Waals surface area contributed by atoms with Gasteiger partial charge < -0.3 is 9.47 Å². The van der Waals surface area contributed by atoms with Gasteiger partial charge in [0, 0.05) is 6.08 Å². The molecule has 56 valence electrons. The van der Waals surface area contributed by atoms with E-state index in [-0.39, 0.29) is 5.97 Å². The van der Waals surface area contributed by atoms with Gasteiger partial charge in [-0.25, -0.2) is 4.79 Å². The molecule has 1 aliphatic heterocycles. The summed E-state index contributed by atoms with van der Waals surface area (Å²) >= 11 is 0. The van der Waals surface area contributed by atoms with Crippen LogP contribution in [-0.2, 0) is 14.3 Å². The summed E-state index contributed by atoms with van der Waals surface area (Å²) in [4.78, 5) is 10.6. The fourth-order valence-corrected chi connectivity index (χ4v) is 0.818. The summed E-state index contributed by atoms with van der Waals surface area (Å²) in [6, 6.07) is 0. The van der Waals surface area contributed by atoms with Crippen LogP contribution in [0.15, 0.2) is 11.6 Å². The molecule has 1 rings (SSSR count). The molecule has 3 nitrogen and oxygen atoms in total. The van der Waals surface area contributed by atoms with Gasteiger partial charge in [0.2, 0.25) is 0 Å². The molecular weight excluding hydrogens is 132 g/mol. The van der Waals surface area contributed by atoms with Gasteiger partial charge >= 0.3 is 5.97 Å². The second-order valence-electron chi connectivity index (χ2n) is 2.13. The maximum atomic E-state index is 10.6. The van der Waals surface area contributed by atoms with Crippen molar-refractivity contribution in [2.45, 2.75) is 6.42 Å². The predicted octanol–water partition coefficient (Wildman–Crippen LogP) is 0.506. The lowest BCUT2D eigenvalue weighted by Gasteiger charge is -1.92. The highest BCUT2D eigenvalue weighted by Crippen LogP contribution is 2.09. The molecule has 1 fully saturated rings. The van der Waals surface area contributed by atoms with Gasteiger partial charge in [-0.05, 0) is 12.0 Å². The molecule has 0 aromatic heterocycles. The molecule has 10 heavy (non-hydrogen) atoms. The molecule has 1 saturated heterocycles. The van der Waals surface area contributed by atoms with Crippen LogP contribution in [0.2, 0.25) is 0 Å². The summed E-state index contributed by atoms with van der Waals surface area (Å²) in [6.45, 7) is 1.30. The van der Waals surface area contributed by atoms with Crippen molar-refractivity contribution >= 4 is 5.97 Å². The van der Waals surface area contributed by atoms with Crippen molar-refractivity contribution in [1.29, 1.82) is 0 Å². The molecule has 1 aliphatic rings. The zero-order valence-electron chi connectivity index (χ0n) is 5.92. The minimum absolute atomic E-state index is 0.291. The lowest BCUT2D eigenvalue weighted by Crippen LogP contribution is -1.96. The van der Waals surface area contributed by atoms with Crippen molar-refractivity contribution in [2.24, 2.45) is 0 Å². The molecule has 0 bridgehead atoms. The predicted molar refractivity (Wildman–Crippen MR) is 35.5 cm³/mol. The second-order valence-corrected chi connectivity index (χ2v) is 2.13. The molecule has 1 heterocycles. The van der Waals surface area contributed by atoms with Crippen molar-refractivity contribution in [3.05, 3.63) is 11.6 Å². The Morgan fingerprint density at radius 1 is 1.80 bits per heavy atom. The molecule has 0 N–H and O–H groups in total. The first-order valence-corrected chi connectivity index (χ1v) is 3.18. The lowest BCUT2D eigenvalue weighted by atomic mass is 10.2. The van der Waals surface area contributed by atoms with Crippen LogP contribution < -0.4 is 0 Å². The molecule has 0 atom stereocenters. The van der Waals surface area contributed by atoms with Gasteiger partial charge in [0.15, 0.2) is 0 Å². The average molecular weight is 142 g/mol. The zero-order valence-corrected chi connectivity index (χ0v) is 5.92.